The number of halogens is 2. The molecule has 0 aliphatic heterocycles. The molecule has 0 saturated heterocycles. The Kier molecular flexibility index (Phi) is 4.38. The van der Waals surface area contributed by atoms with Crippen molar-refractivity contribution in [1.29, 1.82) is 0 Å². The van der Waals surface area contributed by atoms with E-state index in [9.17, 15) is 8.78 Å². The molecule has 0 radical (unpaired) electrons. The third-order valence-electron chi connectivity index (χ3n) is 1.33. The molecule has 0 unspecified atom stereocenters. The number of rotatable bonds is 4. The highest BCUT2D eigenvalue weighted by Gasteiger charge is 2.02. The zero-order chi connectivity index (χ0) is 9.68. The molecule has 1 nitrogen and oxygen atoms in total. The van der Waals surface area contributed by atoms with Crippen LogP contribution >= 0.6 is 23.1 Å². The third kappa shape index (κ3) is 3.87. The van der Waals surface area contributed by atoms with Gasteiger partial charge in [-0.25, -0.2) is 13.8 Å². The largest absolute Gasteiger partial charge is 0.238 e. The fourth-order valence-electron chi connectivity index (χ4n) is 0.682. The minimum absolute atomic E-state index is 0.132. The lowest BCUT2D eigenvalue weighted by Crippen LogP contribution is -1.82. The summed E-state index contributed by atoms with van der Waals surface area (Å²) >= 11 is 2.94. The van der Waals surface area contributed by atoms with Crippen LogP contribution in [0.5, 0.6) is 0 Å². The van der Waals surface area contributed by atoms with Crippen molar-refractivity contribution in [3.05, 3.63) is 23.2 Å². The van der Waals surface area contributed by atoms with Gasteiger partial charge in [-0.05, 0) is 6.92 Å². The molecule has 1 aromatic heterocycles. The second-order valence-electron chi connectivity index (χ2n) is 2.33. The molecule has 1 aromatic rings. The number of nitrogens with zero attached hydrogens (tertiary/aromatic N) is 1. The number of hydrogen-bond acceptors (Lipinski definition) is 3. The number of thioether (sulfide) groups is 1. The lowest BCUT2D eigenvalue weighted by molar-refractivity contribution is 0.519. The highest BCUT2D eigenvalue weighted by atomic mass is 32.2. The second kappa shape index (κ2) is 5.34. The summed E-state index contributed by atoms with van der Waals surface area (Å²) in [5.74, 6) is -0.857. The monoisotopic (exact) mass is 221 g/mol. The first kappa shape index (κ1) is 10.7. The topological polar surface area (TPSA) is 12.9 Å². The first-order chi connectivity index (χ1) is 6.20. The Morgan fingerprint density at radius 3 is 2.92 bits per heavy atom. The van der Waals surface area contributed by atoms with Crippen LogP contribution in [0.15, 0.2) is 27.6 Å². The minimum atomic E-state index is -0.722. The van der Waals surface area contributed by atoms with E-state index in [-0.39, 0.29) is 6.42 Å². The van der Waals surface area contributed by atoms with Crippen LogP contribution in [0.3, 0.4) is 0 Å². The molecule has 0 bridgehead atoms. The molecular weight excluding hydrogens is 212 g/mol. The zero-order valence-electron chi connectivity index (χ0n) is 7.09. The number of thiazole rings is 1. The van der Waals surface area contributed by atoms with Gasteiger partial charge >= 0.3 is 0 Å². The molecule has 0 aliphatic rings. The molecule has 1 heterocycles. The van der Waals surface area contributed by atoms with Gasteiger partial charge < -0.3 is 0 Å². The maximum Gasteiger partial charge on any atom is 0.149 e. The van der Waals surface area contributed by atoms with Gasteiger partial charge in [0.15, 0.2) is 0 Å². The molecule has 0 aliphatic carbocycles. The molecule has 0 saturated carbocycles. The maximum absolute atomic E-state index is 12.6. The van der Waals surface area contributed by atoms with Gasteiger partial charge in [0, 0.05) is 23.8 Å². The fraction of sp³-hybridized carbons (Fsp3) is 0.375. The van der Waals surface area contributed by atoms with Crippen LogP contribution in [0.2, 0.25) is 0 Å². The summed E-state index contributed by atoms with van der Waals surface area (Å²) in [5, 5.41) is 1.86. The summed E-state index contributed by atoms with van der Waals surface area (Å²) in [6.45, 7) is 1.13. The summed E-state index contributed by atoms with van der Waals surface area (Å²) in [6.07, 6.45) is 1.83. The van der Waals surface area contributed by atoms with E-state index in [4.69, 9.17) is 0 Å². The van der Waals surface area contributed by atoms with Gasteiger partial charge in [0.05, 0.1) is 0 Å². The van der Waals surface area contributed by atoms with Crippen LogP contribution in [0.25, 0.3) is 0 Å². The van der Waals surface area contributed by atoms with E-state index in [1.807, 2.05) is 5.38 Å². The van der Waals surface area contributed by atoms with E-state index in [2.05, 4.69) is 4.98 Å². The van der Waals surface area contributed by atoms with E-state index >= 15 is 0 Å². The zero-order valence-corrected chi connectivity index (χ0v) is 8.72. The van der Waals surface area contributed by atoms with Crippen molar-refractivity contribution in [2.24, 2.45) is 0 Å². The van der Waals surface area contributed by atoms with Gasteiger partial charge in [0.25, 0.3) is 0 Å². The normalized spacial score (nSPS) is 12.8. The SMILES string of the molecule is C/C(F)=C(\F)CCSc1nccs1. The van der Waals surface area contributed by atoms with Crippen LogP contribution in [0.4, 0.5) is 8.78 Å². The molecule has 0 spiro atoms. The molecular formula is C8H9F2NS2. The van der Waals surface area contributed by atoms with Crippen molar-refractivity contribution in [3.8, 4) is 0 Å². The Hall–Kier alpha value is -0.420. The summed E-state index contributed by atoms with van der Waals surface area (Å²) < 4.78 is 25.8. The Labute approximate surface area is 83.9 Å². The molecule has 13 heavy (non-hydrogen) atoms. The Morgan fingerprint density at radius 1 is 1.62 bits per heavy atom. The van der Waals surface area contributed by atoms with Gasteiger partial charge in [-0.3, -0.25) is 0 Å². The predicted octanol–water partition coefficient (Wildman–Crippen LogP) is 3.80. The Bertz CT molecular complexity index is 278. The van der Waals surface area contributed by atoms with Gasteiger partial charge in [0.2, 0.25) is 0 Å². The van der Waals surface area contributed by atoms with E-state index in [0.29, 0.717) is 5.75 Å². The molecule has 0 atom stereocenters. The highest BCUT2D eigenvalue weighted by Crippen LogP contribution is 2.23. The first-order valence-electron chi connectivity index (χ1n) is 3.73. The van der Waals surface area contributed by atoms with Gasteiger partial charge in [-0.1, -0.05) is 11.8 Å². The molecule has 0 aromatic carbocycles. The van der Waals surface area contributed by atoms with Crippen molar-refractivity contribution in [3.63, 3.8) is 0 Å². The predicted molar refractivity (Wildman–Crippen MR) is 52.4 cm³/mol. The number of hydrogen-bond donors (Lipinski definition) is 0. The molecule has 0 fully saturated rings. The average molecular weight is 221 g/mol. The second-order valence-corrected chi connectivity index (χ2v) is 4.57. The van der Waals surface area contributed by atoms with Gasteiger partial charge in [-0.2, -0.15) is 0 Å². The van der Waals surface area contributed by atoms with Gasteiger partial charge in [0.1, 0.15) is 16.0 Å². The van der Waals surface area contributed by atoms with Crippen LogP contribution in [0.1, 0.15) is 13.3 Å². The van der Waals surface area contributed by atoms with Crippen LogP contribution in [-0.2, 0) is 0 Å². The fourth-order valence-corrected chi connectivity index (χ4v) is 2.32. The summed E-state index contributed by atoms with van der Waals surface area (Å²) in [5.41, 5.74) is 0. The van der Waals surface area contributed by atoms with E-state index in [1.54, 1.807) is 6.20 Å². The van der Waals surface area contributed by atoms with Crippen molar-refractivity contribution < 1.29 is 8.78 Å². The summed E-state index contributed by atoms with van der Waals surface area (Å²) in [7, 11) is 0. The van der Waals surface area contributed by atoms with Crippen LogP contribution in [0, 0.1) is 0 Å². The highest BCUT2D eigenvalue weighted by molar-refractivity contribution is 8.01. The smallest absolute Gasteiger partial charge is 0.149 e. The van der Waals surface area contributed by atoms with Crippen molar-refractivity contribution in [2.75, 3.05) is 5.75 Å². The maximum atomic E-state index is 12.6. The Balaban J connectivity index is 2.26. The van der Waals surface area contributed by atoms with Gasteiger partial charge in [-0.15, -0.1) is 11.3 Å². The quantitative estimate of drug-likeness (QED) is 0.717. The van der Waals surface area contributed by atoms with Crippen LogP contribution in [-0.4, -0.2) is 10.7 Å². The summed E-state index contributed by atoms with van der Waals surface area (Å²) in [6, 6.07) is 0. The van der Waals surface area contributed by atoms with Crippen LogP contribution < -0.4 is 0 Å². The van der Waals surface area contributed by atoms with Crippen molar-refractivity contribution >= 4 is 23.1 Å². The third-order valence-corrected chi connectivity index (χ3v) is 3.30. The molecule has 5 heteroatoms. The standard InChI is InChI=1S/C8H9F2NS2/c1-6(9)7(10)2-4-12-8-11-3-5-13-8/h3,5H,2,4H2,1H3/b7-6+. The molecule has 72 valence electrons. The first-order valence-corrected chi connectivity index (χ1v) is 5.59. The lowest BCUT2D eigenvalue weighted by Gasteiger charge is -1.96. The number of allylic oxidation sites excluding steroid dienone is 2. The lowest BCUT2D eigenvalue weighted by atomic mass is 10.4. The minimum Gasteiger partial charge on any atom is -0.238 e. The van der Waals surface area contributed by atoms with Crippen molar-refractivity contribution in [1.82, 2.24) is 4.98 Å². The molecule has 0 N–H and O–H groups in total. The summed E-state index contributed by atoms with van der Waals surface area (Å²) in [4.78, 5) is 4.01. The van der Waals surface area contributed by atoms with E-state index < -0.39 is 11.7 Å². The number of aromatic nitrogens is 1. The molecule has 0 amide bonds. The van der Waals surface area contributed by atoms with Crippen molar-refractivity contribution in [2.45, 2.75) is 17.7 Å². The molecule has 1 rings (SSSR count). The Morgan fingerprint density at radius 2 is 2.38 bits per heavy atom. The average Bonchev–Trinajstić information content (AvgIpc) is 2.56. The van der Waals surface area contributed by atoms with E-state index in [1.165, 1.54) is 23.1 Å². The van der Waals surface area contributed by atoms with E-state index in [0.717, 1.165) is 11.3 Å².